The number of methoxy groups -OCH3 is 3. The lowest BCUT2D eigenvalue weighted by molar-refractivity contribution is 0.324. The maximum absolute atomic E-state index is 5.48. The Labute approximate surface area is 155 Å². The first-order valence-electron chi connectivity index (χ1n) is 9.00. The minimum atomic E-state index is 0.333. The molecule has 2 unspecified atom stereocenters. The second kappa shape index (κ2) is 8.32. The average Bonchev–Trinajstić information content (AvgIpc) is 2.68. The van der Waals surface area contributed by atoms with Crippen LogP contribution in [0.3, 0.4) is 0 Å². The van der Waals surface area contributed by atoms with Crippen LogP contribution in [-0.4, -0.2) is 40.5 Å². The van der Waals surface area contributed by atoms with Gasteiger partial charge < -0.3 is 24.8 Å². The lowest BCUT2D eigenvalue weighted by Gasteiger charge is -2.35. The molecule has 2 aromatic carbocycles. The average molecular weight is 356 g/mol. The van der Waals surface area contributed by atoms with E-state index in [1.807, 2.05) is 12.1 Å². The van der Waals surface area contributed by atoms with Crippen LogP contribution in [0.2, 0.25) is 0 Å². The fourth-order valence-electron chi connectivity index (χ4n) is 3.74. The van der Waals surface area contributed by atoms with Crippen LogP contribution >= 0.6 is 0 Å². The molecular weight excluding hydrogens is 328 g/mol. The molecule has 0 amide bonds. The molecule has 0 radical (unpaired) electrons. The lowest BCUT2D eigenvalue weighted by Crippen LogP contribution is -2.42. The lowest BCUT2D eigenvalue weighted by atomic mass is 9.84. The van der Waals surface area contributed by atoms with Gasteiger partial charge in [-0.3, -0.25) is 0 Å². The molecule has 2 N–H and O–H groups in total. The van der Waals surface area contributed by atoms with E-state index in [9.17, 15) is 0 Å². The Hall–Kier alpha value is -2.40. The van der Waals surface area contributed by atoms with Crippen molar-refractivity contribution < 1.29 is 14.2 Å². The molecule has 1 aliphatic heterocycles. The van der Waals surface area contributed by atoms with Gasteiger partial charge in [-0.05, 0) is 31.0 Å². The number of rotatable bonds is 6. The Balaban J connectivity index is 1.90. The Morgan fingerprint density at radius 2 is 1.69 bits per heavy atom. The molecule has 3 rings (SSSR count). The van der Waals surface area contributed by atoms with Gasteiger partial charge in [0.1, 0.15) is 0 Å². The van der Waals surface area contributed by atoms with Crippen molar-refractivity contribution in [1.29, 1.82) is 0 Å². The summed E-state index contributed by atoms with van der Waals surface area (Å²) in [5.74, 6) is 2.34. The smallest absolute Gasteiger partial charge is 0.203 e. The van der Waals surface area contributed by atoms with E-state index in [1.54, 1.807) is 21.3 Å². The molecule has 2 atom stereocenters. The summed E-state index contributed by atoms with van der Waals surface area (Å²) in [6.07, 6.45) is 1.05. The van der Waals surface area contributed by atoms with Crippen LogP contribution in [0.25, 0.3) is 0 Å². The van der Waals surface area contributed by atoms with Crippen LogP contribution in [0.5, 0.6) is 17.2 Å². The van der Waals surface area contributed by atoms with Crippen LogP contribution in [0.15, 0.2) is 36.4 Å². The molecule has 0 aliphatic carbocycles. The molecule has 2 aromatic rings. The van der Waals surface area contributed by atoms with Gasteiger partial charge in [0.05, 0.1) is 21.3 Å². The highest BCUT2D eigenvalue weighted by Gasteiger charge is 2.28. The minimum Gasteiger partial charge on any atom is -0.493 e. The quantitative estimate of drug-likeness (QED) is 0.829. The van der Waals surface area contributed by atoms with Crippen molar-refractivity contribution in [1.82, 2.24) is 5.32 Å². The molecule has 0 bridgehead atoms. The Morgan fingerprint density at radius 1 is 1.00 bits per heavy atom. The zero-order valence-corrected chi connectivity index (χ0v) is 16.0. The Kier molecular flexibility index (Phi) is 5.89. The second-order valence-corrected chi connectivity index (χ2v) is 6.62. The summed E-state index contributed by atoms with van der Waals surface area (Å²) in [6, 6.07) is 12.9. The molecule has 1 fully saturated rings. The maximum atomic E-state index is 5.48. The van der Waals surface area contributed by atoms with Crippen LogP contribution in [0.1, 0.15) is 23.5 Å². The molecular formula is C21H28N2O3. The number of aryl methyl sites for hydroxylation is 1. The minimum absolute atomic E-state index is 0.333. The number of piperidine rings is 1. The van der Waals surface area contributed by atoms with Crippen molar-refractivity contribution in [2.75, 3.05) is 39.7 Å². The summed E-state index contributed by atoms with van der Waals surface area (Å²) in [5, 5.41) is 7.23. The highest BCUT2D eigenvalue weighted by atomic mass is 16.5. The first kappa shape index (κ1) is 18.4. The van der Waals surface area contributed by atoms with Gasteiger partial charge in [-0.2, -0.15) is 0 Å². The number of anilines is 1. The van der Waals surface area contributed by atoms with Crippen molar-refractivity contribution in [2.45, 2.75) is 25.3 Å². The van der Waals surface area contributed by atoms with E-state index in [0.717, 1.165) is 25.2 Å². The normalized spacial score (nSPS) is 19.7. The number of nitrogens with one attached hydrogen (secondary N) is 2. The van der Waals surface area contributed by atoms with Gasteiger partial charge in [-0.1, -0.05) is 24.3 Å². The predicted molar refractivity (Wildman–Crippen MR) is 105 cm³/mol. The Bertz CT molecular complexity index is 723. The van der Waals surface area contributed by atoms with E-state index in [1.165, 1.54) is 11.1 Å². The topological polar surface area (TPSA) is 51.8 Å². The third kappa shape index (κ3) is 3.73. The summed E-state index contributed by atoms with van der Waals surface area (Å²) >= 11 is 0. The maximum Gasteiger partial charge on any atom is 0.203 e. The molecule has 1 aliphatic rings. The number of ether oxygens (including phenoxy) is 3. The van der Waals surface area contributed by atoms with E-state index >= 15 is 0 Å². The molecule has 0 aromatic heterocycles. The molecule has 5 heteroatoms. The molecule has 26 heavy (non-hydrogen) atoms. The van der Waals surface area contributed by atoms with Gasteiger partial charge in [0.15, 0.2) is 11.5 Å². The number of hydrogen-bond donors (Lipinski definition) is 2. The fraction of sp³-hybridized carbons (Fsp3) is 0.429. The van der Waals surface area contributed by atoms with Crippen LogP contribution < -0.4 is 24.8 Å². The number of benzene rings is 2. The zero-order chi connectivity index (χ0) is 18.5. The van der Waals surface area contributed by atoms with Crippen molar-refractivity contribution in [3.8, 4) is 17.2 Å². The molecule has 1 heterocycles. The second-order valence-electron chi connectivity index (χ2n) is 6.62. The van der Waals surface area contributed by atoms with Crippen molar-refractivity contribution in [3.63, 3.8) is 0 Å². The largest absolute Gasteiger partial charge is 0.493 e. The summed E-state index contributed by atoms with van der Waals surface area (Å²) in [6.45, 7) is 4.15. The SMILES string of the molecule is COc1cc(NC2CCNCC2c2ccccc2C)cc(OC)c1OC. The first-order chi connectivity index (χ1) is 12.7. The van der Waals surface area contributed by atoms with Crippen LogP contribution in [0, 0.1) is 6.92 Å². The third-order valence-corrected chi connectivity index (χ3v) is 5.09. The fourth-order valence-corrected chi connectivity index (χ4v) is 3.74. The van der Waals surface area contributed by atoms with Gasteiger partial charge in [0, 0.05) is 36.3 Å². The van der Waals surface area contributed by atoms with Gasteiger partial charge in [-0.25, -0.2) is 0 Å². The first-order valence-corrected chi connectivity index (χ1v) is 9.00. The number of hydrogen-bond acceptors (Lipinski definition) is 5. The molecule has 0 saturated carbocycles. The molecule has 140 valence electrons. The third-order valence-electron chi connectivity index (χ3n) is 5.09. The van der Waals surface area contributed by atoms with Crippen molar-refractivity contribution in [2.24, 2.45) is 0 Å². The van der Waals surface area contributed by atoms with E-state index in [4.69, 9.17) is 14.2 Å². The van der Waals surface area contributed by atoms with Crippen molar-refractivity contribution >= 4 is 5.69 Å². The Morgan fingerprint density at radius 3 is 2.31 bits per heavy atom. The predicted octanol–water partition coefficient (Wildman–Crippen LogP) is 3.58. The van der Waals surface area contributed by atoms with E-state index < -0.39 is 0 Å². The van der Waals surface area contributed by atoms with Crippen LogP contribution in [0.4, 0.5) is 5.69 Å². The summed E-state index contributed by atoms with van der Waals surface area (Å²) < 4.78 is 16.4. The van der Waals surface area contributed by atoms with E-state index in [-0.39, 0.29) is 0 Å². The van der Waals surface area contributed by atoms with Crippen molar-refractivity contribution in [3.05, 3.63) is 47.5 Å². The summed E-state index contributed by atoms with van der Waals surface area (Å²) in [5.41, 5.74) is 3.70. The molecule has 5 nitrogen and oxygen atoms in total. The monoisotopic (exact) mass is 356 g/mol. The summed E-state index contributed by atoms with van der Waals surface area (Å²) in [4.78, 5) is 0. The standard InChI is InChI=1S/C21H28N2O3/c1-14-7-5-6-8-16(14)17-13-22-10-9-18(17)23-15-11-19(24-2)21(26-4)20(12-15)25-3/h5-8,11-12,17-18,22-23H,9-10,13H2,1-4H3. The highest BCUT2D eigenvalue weighted by molar-refractivity contribution is 5.63. The van der Waals surface area contributed by atoms with E-state index in [2.05, 4.69) is 41.8 Å². The van der Waals surface area contributed by atoms with Gasteiger partial charge in [-0.15, -0.1) is 0 Å². The zero-order valence-electron chi connectivity index (χ0n) is 16.0. The summed E-state index contributed by atoms with van der Waals surface area (Å²) in [7, 11) is 4.90. The molecule has 0 spiro atoms. The van der Waals surface area contributed by atoms with E-state index in [0.29, 0.717) is 29.2 Å². The molecule has 1 saturated heterocycles. The highest BCUT2D eigenvalue weighted by Crippen LogP contribution is 2.41. The van der Waals surface area contributed by atoms with Gasteiger partial charge in [0.25, 0.3) is 0 Å². The van der Waals surface area contributed by atoms with Gasteiger partial charge >= 0.3 is 0 Å². The van der Waals surface area contributed by atoms with Gasteiger partial charge in [0.2, 0.25) is 5.75 Å². The van der Waals surface area contributed by atoms with Crippen LogP contribution in [-0.2, 0) is 0 Å².